The Kier molecular flexibility index (Phi) is 3.92. The van der Waals surface area contributed by atoms with E-state index in [1.807, 2.05) is 0 Å². The molecule has 0 spiro atoms. The number of hydrogen-bond donors (Lipinski definition) is 4. The number of nitrogens with two attached hydrogens (primary N) is 1. The van der Waals surface area contributed by atoms with Gasteiger partial charge in [0.05, 0.1) is 5.56 Å². The fourth-order valence-electron chi connectivity index (χ4n) is 1.38. The van der Waals surface area contributed by atoms with Crippen LogP contribution in [-0.4, -0.2) is 30.1 Å². The monoisotopic (exact) mass is 237 g/mol. The second-order valence-corrected chi connectivity index (χ2v) is 3.59. The number of hydrogen-bond acceptors (Lipinski definition) is 4. The van der Waals surface area contributed by atoms with Gasteiger partial charge in [-0.25, -0.2) is 4.79 Å². The molecule has 1 aromatic rings. The summed E-state index contributed by atoms with van der Waals surface area (Å²) in [5.74, 6) is -1.32. The van der Waals surface area contributed by atoms with Crippen LogP contribution in [0.4, 0.5) is 11.4 Å². The maximum absolute atomic E-state index is 11.3. The maximum atomic E-state index is 11.3. The molecule has 17 heavy (non-hydrogen) atoms. The van der Waals surface area contributed by atoms with E-state index in [1.165, 1.54) is 19.2 Å². The zero-order valence-corrected chi connectivity index (χ0v) is 9.65. The Balaban J connectivity index is 2.98. The van der Waals surface area contributed by atoms with E-state index in [-0.39, 0.29) is 11.5 Å². The number of carbonyl (C=O) groups excluding carboxylic acids is 1. The second-order valence-electron chi connectivity index (χ2n) is 3.59. The van der Waals surface area contributed by atoms with E-state index in [9.17, 15) is 9.59 Å². The quantitative estimate of drug-likeness (QED) is 0.571. The third-order valence-corrected chi connectivity index (χ3v) is 2.29. The lowest BCUT2D eigenvalue weighted by Gasteiger charge is -2.15. The van der Waals surface area contributed by atoms with Gasteiger partial charge in [-0.15, -0.1) is 0 Å². The normalized spacial score (nSPS) is 11.6. The Hall–Kier alpha value is -2.24. The predicted octanol–water partition coefficient (Wildman–Crippen LogP) is 0.513. The van der Waals surface area contributed by atoms with Gasteiger partial charge in [-0.3, -0.25) is 4.79 Å². The molecular weight excluding hydrogens is 222 g/mol. The minimum Gasteiger partial charge on any atom is -0.478 e. The molecule has 0 radical (unpaired) electrons. The number of likely N-dealkylation sites (N-methyl/N-ethyl adjacent to an activating group) is 1. The van der Waals surface area contributed by atoms with Crippen molar-refractivity contribution in [2.45, 2.75) is 13.0 Å². The SMILES string of the molecule is CNC(=O)C(C)Nc1ccc(N)cc1C(=O)O. The summed E-state index contributed by atoms with van der Waals surface area (Å²) in [7, 11) is 1.52. The summed E-state index contributed by atoms with van der Waals surface area (Å²) in [6.07, 6.45) is 0. The summed E-state index contributed by atoms with van der Waals surface area (Å²) in [6.45, 7) is 1.64. The molecule has 0 aromatic heterocycles. The first-order valence-corrected chi connectivity index (χ1v) is 5.06. The van der Waals surface area contributed by atoms with Crippen molar-refractivity contribution in [2.75, 3.05) is 18.1 Å². The summed E-state index contributed by atoms with van der Waals surface area (Å²) < 4.78 is 0. The highest BCUT2D eigenvalue weighted by Crippen LogP contribution is 2.19. The Bertz CT molecular complexity index is 446. The second kappa shape index (κ2) is 5.20. The molecule has 1 amide bonds. The number of benzene rings is 1. The van der Waals surface area contributed by atoms with Crippen LogP contribution in [-0.2, 0) is 4.79 Å². The van der Waals surface area contributed by atoms with Gasteiger partial charge in [0.15, 0.2) is 0 Å². The molecule has 0 aliphatic carbocycles. The number of amides is 1. The van der Waals surface area contributed by atoms with Crippen LogP contribution in [0.25, 0.3) is 0 Å². The van der Waals surface area contributed by atoms with E-state index in [1.54, 1.807) is 13.0 Å². The average Bonchev–Trinajstić information content (AvgIpc) is 2.29. The van der Waals surface area contributed by atoms with Crippen molar-refractivity contribution >= 4 is 23.3 Å². The van der Waals surface area contributed by atoms with E-state index in [0.717, 1.165) is 0 Å². The lowest BCUT2D eigenvalue weighted by molar-refractivity contribution is -0.121. The molecule has 0 heterocycles. The Morgan fingerprint density at radius 3 is 2.59 bits per heavy atom. The van der Waals surface area contributed by atoms with E-state index >= 15 is 0 Å². The van der Waals surface area contributed by atoms with Crippen molar-refractivity contribution in [3.63, 3.8) is 0 Å². The van der Waals surface area contributed by atoms with Crippen LogP contribution < -0.4 is 16.4 Å². The minimum atomic E-state index is -1.09. The molecular formula is C11H15N3O3. The van der Waals surface area contributed by atoms with Crippen molar-refractivity contribution < 1.29 is 14.7 Å². The van der Waals surface area contributed by atoms with E-state index in [4.69, 9.17) is 10.8 Å². The molecule has 1 atom stereocenters. The molecule has 0 fully saturated rings. The zero-order valence-electron chi connectivity index (χ0n) is 9.65. The van der Waals surface area contributed by atoms with Crippen molar-refractivity contribution in [3.8, 4) is 0 Å². The topological polar surface area (TPSA) is 104 Å². The Labute approximate surface area is 98.8 Å². The molecule has 0 bridgehead atoms. The molecule has 92 valence electrons. The van der Waals surface area contributed by atoms with Crippen molar-refractivity contribution in [2.24, 2.45) is 0 Å². The number of aromatic carboxylic acids is 1. The summed E-state index contributed by atoms with van der Waals surface area (Å²) in [4.78, 5) is 22.3. The van der Waals surface area contributed by atoms with Crippen LogP contribution in [0.15, 0.2) is 18.2 Å². The number of nitrogens with one attached hydrogen (secondary N) is 2. The Morgan fingerprint density at radius 1 is 1.41 bits per heavy atom. The highest BCUT2D eigenvalue weighted by molar-refractivity contribution is 5.96. The fourth-order valence-corrected chi connectivity index (χ4v) is 1.38. The molecule has 0 saturated carbocycles. The molecule has 1 rings (SSSR count). The third kappa shape index (κ3) is 3.10. The number of carboxylic acid groups (broad SMARTS) is 1. The van der Waals surface area contributed by atoms with Gasteiger partial charge in [0, 0.05) is 18.4 Å². The zero-order chi connectivity index (χ0) is 13.0. The Morgan fingerprint density at radius 2 is 2.06 bits per heavy atom. The average molecular weight is 237 g/mol. The van der Waals surface area contributed by atoms with E-state index in [2.05, 4.69) is 10.6 Å². The van der Waals surface area contributed by atoms with Crippen molar-refractivity contribution in [1.29, 1.82) is 0 Å². The third-order valence-electron chi connectivity index (χ3n) is 2.29. The van der Waals surface area contributed by atoms with Gasteiger partial charge in [0.2, 0.25) is 5.91 Å². The van der Waals surface area contributed by atoms with Crippen LogP contribution in [0.2, 0.25) is 0 Å². The summed E-state index contributed by atoms with van der Waals surface area (Å²) >= 11 is 0. The van der Waals surface area contributed by atoms with Crippen molar-refractivity contribution in [1.82, 2.24) is 5.32 Å². The van der Waals surface area contributed by atoms with Gasteiger partial charge < -0.3 is 21.5 Å². The number of carbonyl (C=O) groups is 2. The molecule has 1 unspecified atom stereocenters. The van der Waals surface area contributed by atoms with Crippen LogP contribution in [0, 0.1) is 0 Å². The van der Waals surface area contributed by atoms with Gasteiger partial charge in [0.1, 0.15) is 6.04 Å². The number of anilines is 2. The lowest BCUT2D eigenvalue weighted by Crippen LogP contribution is -2.35. The van der Waals surface area contributed by atoms with Gasteiger partial charge >= 0.3 is 5.97 Å². The molecule has 0 saturated heterocycles. The van der Waals surface area contributed by atoms with Gasteiger partial charge in [-0.2, -0.15) is 0 Å². The largest absolute Gasteiger partial charge is 0.478 e. The lowest BCUT2D eigenvalue weighted by atomic mass is 10.1. The smallest absolute Gasteiger partial charge is 0.337 e. The molecule has 1 aromatic carbocycles. The van der Waals surface area contributed by atoms with Gasteiger partial charge in [-0.05, 0) is 25.1 Å². The van der Waals surface area contributed by atoms with Crippen LogP contribution in [0.3, 0.4) is 0 Å². The first-order chi connectivity index (χ1) is 7.95. The molecule has 0 aliphatic heterocycles. The molecule has 0 aliphatic rings. The van der Waals surface area contributed by atoms with Crippen molar-refractivity contribution in [3.05, 3.63) is 23.8 Å². The standard InChI is InChI=1S/C11H15N3O3/c1-6(10(15)13-2)14-9-4-3-7(12)5-8(9)11(16)17/h3-6,14H,12H2,1-2H3,(H,13,15)(H,16,17). The molecule has 5 N–H and O–H groups in total. The van der Waals surface area contributed by atoms with Crippen LogP contribution >= 0.6 is 0 Å². The van der Waals surface area contributed by atoms with E-state index < -0.39 is 12.0 Å². The van der Waals surface area contributed by atoms with E-state index in [0.29, 0.717) is 11.4 Å². The first-order valence-electron chi connectivity index (χ1n) is 5.06. The van der Waals surface area contributed by atoms with Crippen LogP contribution in [0.1, 0.15) is 17.3 Å². The number of nitrogen functional groups attached to an aromatic ring is 1. The van der Waals surface area contributed by atoms with Gasteiger partial charge in [0.25, 0.3) is 0 Å². The molecule has 6 heteroatoms. The summed E-state index contributed by atoms with van der Waals surface area (Å²) in [6, 6.07) is 3.94. The molecule has 6 nitrogen and oxygen atoms in total. The predicted molar refractivity (Wildman–Crippen MR) is 65.0 cm³/mol. The maximum Gasteiger partial charge on any atom is 0.337 e. The first kappa shape index (κ1) is 12.8. The summed E-state index contributed by atoms with van der Waals surface area (Å²) in [5, 5.41) is 14.3. The summed E-state index contributed by atoms with van der Waals surface area (Å²) in [5.41, 5.74) is 6.28. The van der Waals surface area contributed by atoms with Gasteiger partial charge in [-0.1, -0.05) is 0 Å². The minimum absolute atomic E-state index is 0.0424. The highest BCUT2D eigenvalue weighted by atomic mass is 16.4. The number of carboxylic acids is 1. The fraction of sp³-hybridized carbons (Fsp3) is 0.273. The van der Waals surface area contributed by atoms with Crippen LogP contribution in [0.5, 0.6) is 0 Å². The highest BCUT2D eigenvalue weighted by Gasteiger charge is 2.15. The number of rotatable bonds is 4.